The molecule has 4 rings (SSSR count). The van der Waals surface area contributed by atoms with E-state index >= 15 is 0 Å². The lowest BCUT2D eigenvalue weighted by molar-refractivity contribution is 0.103. The van der Waals surface area contributed by atoms with E-state index in [2.05, 4.69) is 102 Å². The van der Waals surface area contributed by atoms with Crippen LogP contribution in [0.4, 0.5) is 0 Å². The van der Waals surface area contributed by atoms with Gasteiger partial charge in [0, 0.05) is 11.1 Å². The van der Waals surface area contributed by atoms with Crippen molar-refractivity contribution >= 4 is 5.78 Å². The number of ketones is 1. The van der Waals surface area contributed by atoms with Crippen molar-refractivity contribution < 1.29 is 4.79 Å². The first-order valence-corrected chi connectivity index (χ1v) is 11.2. The van der Waals surface area contributed by atoms with Gasteiger partial charge in [0.25, 0.3) is 0 Å². The normalized spacial score (nSPS) is 10.9. The van der Waals surface area contributed by atoms with Crippen molar-refractivity contribution in [3.63, 3.8) is 0 Å². The molecular weight excluding hydrogens is 388 g/mol. The lowest BCUT2D eigenvalue weighted by Gasteiger charge is -2.18. The maximum atomic E-state index is 13.8. The quantitative estimate of drug-likeness (QED) is 0.306. The van der Waals surface area contributed by atoms with Gasteiger partial charge in [-0.3, -0.25) is 4.79 Å². The minimum atomic E-state index is 0.0849. The standard InChI is InChI=1S/C31H30O/c1-19-7-13-25(14-8-19)29-21(3)11-17-27(23(29)5)31(32)28-18-12-22(4)30(24(28)6)26-15-9-20(2)10-16-26/h7-18H,1-6H3. The van der Waals surface area contributed by atoms with Crippen LogP contribution in [0.3, 0.4) is 0 Å². The number of rotatable bonds is 4. The SMILES string of the molecule is Cc1ccc(-c2c(C)ccc(C(=O)c3ccc(C)c(-c4ccc(C)cc4)c3C)c2C)cc1. The minimum absolute atomic E-state index is 0.0849. The first-order valence-electron chi connectivity index (χ1n) is 11.2. The van der Waals surface area contributed by atoms with Crippen LogP contribution in [0.25, 0.3) is 22.3 Å². The Kier molecular flexibility index (Phi) is 5.84. The molecule has 1 heteroatoms. The fourth-order valence-corrected chi connectivity index (χ4v) is 4.66. The summed E-state index contributed by atoms with van der Waals surface area (Å²) in [5.74, 6) is 0.0849. The van der Waals surface area contributed by atoms with E-state index in [-0.39, 0.29) is 5.78 Å². The lowest BCUT2D eigenvalue weighted by Crippen LogP contribution is -2.09. The zero-order valence-electron chi connectivity index (χ0n) is 19.8. The molecule has 0 aliphatic rings. The summed E-state index contributed by atoms with van der Waals surface area (Å²) in [4.78, 5) is 13.8. The molecule has 0 spiro atoms. The molecule has 4 aromatic rings. The Morgan fingerprint density at radius 3 is 1.16 bits per heavy atom. The van der Waals surface area contributed by atoms with Crippen LogP contribution in [-0.2, 0) is 0 Å². The van der Waals surface area contributed by atoms with Gasteiger partial charge in [0.1, 0.15) is 0 Å². The number of hydrogen-bond acceptors (Lipinski definition) is 1. The van der Waals surface area contributed by atoms with E-state index in [1.807, 2.05) is 12.1 Å². The van der Waals surface area contributed by atoms with Crippen LogP contribution in [-0.4, -0.2) is 5.78 Å². The van der Waals surface area contributed by atoms with Gasteiger partial charge in [-0.15, -0.1) is 0 Å². The van der Waals surface area contributed by atoms with Gasteiger partial charge in [0.05, 0.1) is 0 Å². The highest BCUT2D eigenvalue weighted by molar-refractivity contribution is 6.12. The van der Waals surface area contributed by atoms with Gasteiger partial charge in [0.2, 0.25) is 0 Å². The largest absolute Gasteiger partial charge is 0.289 e. The van der Waals surface area contributed by atoms with E-state index in [0.29, 0.717) is 0 Å². The number of carbonyl (C=O) groups is 1. The Hall–Kier alpha value is -3.45. The molecule has 0 N–H and O–H groups in total. The van der Waals surface area contributed by atoms with Crippen molar-refractivity contribution in [2.24, 2.45) is 0 Å². The predicted octanol–water partition coefficient (Wildman–Crippen LogP) is 8.10. The van der Waals surface area contributed by atoms with Crippen LogP contribution in [0.1, 0.15) is 49.3 Å². The molecule has 4 aromatic carbocycles. The average molecular weight is 419 g/mol. The molecule has 0 saturated carbocycles. The molecule has 0 aliphatic carbocycles. The van der Waals surface area contributed by atoms with Crippen molar-refractivity contribution in [2.45, 2.75) is 41.5 Å². The van der Waals surface area contributed by atoms with Crippen LogP contribution in [0.5, 0.6) is 0 Å². The Morgan fingerprint density at radius 1 is 0.469 bits per heavy atom. The fraction of sp³-hybridized carbons (Fsp3) is 0.194. The van der Waals surface area contributed by atoms with E-state index in [1.165, 1.54) is 22.3 Å². The third kappa shape index (κ3) is 3.91. The smallest absolute Gasteiger partial charge is 0.193 e. The molecule has 0 amide bonds. The second-order valence-corrected chi connectivity index (χ2v) is 8.92. The van der Waals surface area contributed by atoms with Gasteiger partial charge in [-0.05, 0) is 86.1 Å². The van der Waals surface area contributed by atoms with Crippen LogP contribution in [0, 0.1) is 41.5 Å². The monoisotopic (exact) mass is 418 g/mol. The second-order valence-electron chi connectivity index (χ2n) is 8.92. The molecule has 0 bridgehead atoms. The zero-order chi connectivity index (χ0) is 23.0. The predicted molar refractivity (Wildman–Crippen MR) is 136 cm³/mol. The molecule has 0 radical (unpaired) electrons. The number of hydrogen-bond donors (Lipinski definition) is 0. The van der Waals surface area contributed by atoms with Crippen molar-refractivity contribution in [1.29, 1.82) is 0 Å². The van der Waals surface area contributed by atoms with E-state index in [1.54, 1.807) is 0 Å². The Labute approximate surface area is 191 Å². The Balaban J connectivity index is 1.84. The molecule has 0 atom stereocenters. The van der Waals surface area contributed by atoms with Gasteiger partial charge in [-0.2, -0.15) is 0 Å². The highest BCUT2D eigenvalue weighted by atomic mass is 16.1. The molecular formula is C31H30O. The zero-order valence-corrected chi connectivity index (χ0v) is 19.8. The van der Waals surface area contributed by atoms with Crippen LogP contribution in [0.2, 0.25) is 0 Å². The molecule has 0 fully saturated rings. The molecule has 0 aliphatic heterocycles. The summed E-state index contributed by atoms with van der Waals surface area (Å²) in [6, 6.07) is 25.2. The number of carbonyl (C=O) groups excluding carboxylic acids is 1. The average Bonchev–Trinajstić information content (AvgIpc) is 2.76. The van der Waals surface area contributed by atoms with E-state index < -0.39 is 0 Å². The molecule has 0 unspecified atom stereocenters. The van der Waals surface area contributed by atoms with Crippen molar-refractivity contribution in [2.75, 3.05) is 0 Å². The van der Waals surface area contributed by atoms with E-state index in [0.717, 1.165) is 44.5 Å². The Morgan fingerprint density at radius 2 is 0.812 bits per heavy atom. The maximum absolute atomic E-state index is 13.8. The summed E-state index contributed by atoms with van der Waals surface area (Å²) in [7, 11) is 0. The van der Waals surface area contributed by atoms with E-state index in [9.17, 15) is 4.79 Å². The molecule has 0 heterocycles. The van der Waals surface area contributed by atoms with Gasteiger partial charge in [-0.25, -0.2) is 0 Å². The molecule has 160 valence electrons. The molecule has 32 heavy (non-hydrogen) atoms. The van der Waals surface area contributed by atoms with Gasteiger partial charge >= 0.3 is 0 Å². The summed E-state index contributed by atoms with van der Waals surface area (Å²) in [5.41, 5.74) is 13.1. The van der Waals surface area contributed by atoms with Crippen LogP contribution < -0.4 is 0 Å². The summed E-state index contributed by atoms with van der Waals surface area (Å²) < 4.78 is 0. The van der Waals surface area contributed by atoms with E-state index in [4.69, 9.17) is 0 Å². The lowest BCUT2D eigenvalue weighted by atomic mass is 9.85. The highest BCUT2D eigenvalue weighted by Crippen LogP contribution is 2.34. The fourth-order valence-electron chi connectivity index (χ4n) is 4.66. The number of benzene rings is 4. The first kappa shape index (κ1) is 21.8. The third-order valence-electron chi connectivity index (χ3n) is 6.52. The van der Waals surface area contributed by atoms with Crippen molar-refractivity contribution in [3.8, 4) is 22.3 Å². The first-order chi connectivity index (χ1) is 15.3. The maximum Gasteiger partial charge on any atom is 0.193 e. The molecule has 0 saturated heterocycles. The highest BCUT2D eigenvalue weighted by Gasteiger charge is 2.20. The second kappa shape index (κ2) is 8.59. The van der Waals surface area contributed by atoms with Gasteiger partial charge in [0.15, 0.2) is 5.78 Å². The van der Waals surface area contributed by atoms with Crippen molar-refractivity contribution in [1.82, 2.24) is 0 Å². The van der Waals surface area contributed by atoms with Crippen molar-refractivity contribution in [3.05, 3.63) is 117 Å². The van der Waals surface area contributed by atoms with Gasteiger partial charge in [-0.1, -0.05) is 83.9 Å². The summed E-state index contributed by atoms with van der Waals surface area (Å²) in [6.45, 7) is 12.6. The van der Waals surface area contributed by atoms with Gasteiger partial charge < -0.3 is 0 Å². The molecule has 0 aromatic heterocycles. The third-order valence-corrected chi connectivity index (χ3v) is 6.52. The Bertz CT molecular complexity index is 1200. The molecule has 1 nitrogen and oxygen atoms in total. The van der Waals surface area contributed by atoms with Crippen LogP contribution >= 0.6 is 0 Å². The minimum Gasteiger partial charge on any atom is -0.289 e. The number of aryl methyl sites for hydroxylation is 4. The summed E-state index contributed by atoms with van der Waals surface area (Å²) >= 11 is 0. The summed E-state index contributed by atoms with van der Waals surface area (Å²) in [6.07, 6.45) is 0. The summed E-state index contributed by atoms with van der Waals surface area (Å²) in [5, 5.41) is 0. The topological polar surface area (TPSA) is 17.1 Å². The van der Waals surface area contributed by atoms with Crippen LogP contribution in [0.15, 0.2) is 72.8 Å².